The highest BCUT2D eigenvalue weighted by Crippen LogP contribution is 1.99. The Morgan fingerprint density at radius 1 is 1.33 bits per heavy atom. The Kier molecular flexibility index (Phi) is 4.42. The Morgan fingerprint density at radius 2 is 2.08 bits per heavy atom. The third-order valence-corrected chi connectivity index (χ3v) is 2.28. The Bertz CT molecular complexity index is 231. The van der Waals surface area contributed by atoms with E-state index in [1.54, 1.807) is 7.11 Å². The van der Waals surface area contributed by atoms with Crippen LogP contribution in [0.1, 0.15) is 5.56 Å². The summed E-state index contributed by atoms with van der Waals surface area (Å²) in [5.41, 5.74) is 3.40. The third-order valence-electron chi connectivity index (χ3n) is 1.42. The van der Waals surface area contributed by atoms with Gasteiger partial charge in [0.15, 0.2) is 0 Å². The van der Waals surface area contributed by atoms with Gasteiger partial charge in [0.05, 0.1) is 0 Å². The predicted octanol–water partition coefficient (Wildman–Crippen LogP) is 1.97. The van der Waals surface area contributed by atoms with Crippen molar-refractivity contribution in [3.63, 3.8) is 0 Å². The van der Waals surface area contributed by atoms with Gasteiger partial charge >= 0.3 is 0 Å². The summed E-state index contributed by atoms with van der Waals surface area (Å²) in [6.45, 7) is 0. The van der Waals surface area contributed by atoms with Gasteiger partial charge in [-0.25, -0.2) is 0 Å². The summed E-state index contributed by atoms with van der Waals surface area (Å²) in [6, 6.07) is 10.3. The second kappa shape index (κ2) is 5.74. The molecule has 0 saturated heterocycles. The van der Waals surface area contributed by atoms with Crippen LogP contribution in [0.25, 0.3) is 6.08 Å². The van der Waals surface area contributed by atoms with Gasteiger partial charge in [-0.2, -0.15) is 0 Å². The molecule has 0 aromatic heterocycles. The minimum Gasteiger partial charge on any atom is -0.388 e. The van der Waals surface area contributed by atoms with E-state index in [1.807, 2.05) is 18.2 Å². The van der Waals surface area contributed by atoms with Gasteiger partial charge in [-0.3, -0.25) is 0 Å². The summed E-state index contributed by atoms with van der Waals surface area (Å²) in [7, 11) is 2.48. The summed E-state index contributed by atoms with van der Waals surface area (Å²) < 4.78 is 4.94. The zero-order valence-electron chi connectivity index (χ0n) is 7.16. The van der Waals surface area contributed by atoms with Crippen molar-refractivity contribution >= 4 is 15.6 Å². The summed E-state index contributed by atoms with van der Waals surface area (Å²) in [6.07, 6.45) is 2.95. The zero-order valence-corrected chi connectivity index (χ0v) is 8.16. The van der Waals surface area contributed by atoms with E-state index < -0.39 is 0 Å². The molecule has 0 unspecified atom stereocenters. The maximum absolute atomic E-state index is 4.94. The van der Waals surface area contributed by atoms with Crippen molar-refractivity contribution in [2.75, 3.05) is 13.3 Å². The van der Waals surface area contributed by atoms with Gasteiger partial charge in [-0.05, 0) is 5.56 Å². The van der Waals surface area contributed by atoms with Crippen LogP contribution in [0.2, 0.25) is 0 Å². The quantitative estimate of drug-likeness (QED) is 0.503. The molecule has 0 amide bonds. The molecule has 0 aliphatic carbocycles. The number of methoxy groups -OCH3 is 1. The molecule has 1 aromatic carbocycles. The molecule has 1 aromatic rings. The van der Waals surface area contributed by atoms with Gasteiger partial charge in [0, 0.05) is 13.3 Å². The van der Waals surface area contributed by atoms with Gasteiger partial charge in [0.1, 0.15) is 9.52 Å². The lowest BCUT2D eigenvalue weighted by Crippen LogP contribution is -1.95. The van der Waals surface area contributed by atoms with Gasteiger partial charge < -0.3 is 4.74 Å². The molecular formula is C10H12OSi. The smallest absolute Gasteiger partial charge is 0.104 e. The van der Waals surface area contributed by atoms with Gasteiger partial charge in [-0.15, -0.1) is 0 Å². The van der Waals surface area contributed by atoms with Crippen molar-refractivity contribution in [2.45, 2.75) is 0 Å². The lowest BCUT2D eigenvalue weighted by Gasteiger charge is -1.91. The summed E-state index contributed by atoms with van der Waals surface area (Å²) >= 11 is 0. The third kappa shape index (κ3) is 3.51. The highest BCUT2D eigenvalue weighted by molar-refractivity contribution is 6.42. The van der Waals surface area contributed by atoms with Crippen LogP contribution in [0.15, 0.2) is 36.0 Å². The van der Waals surface area contributed by atoms with Crippen LogP contribution in [-0.2, 0) is 4.74 Å². The highest BCUT2D eigenvalue weighted by atomic mass is 28.2. The molecule has 0 N–H and O–H groups in total. The molecule has 0 fully saturated rings. The van der Waals surface area contributed by atoms with Crippen LogP contribution in [-0.4, -0.2) is 22.9 Å². The topological polar surface area (TPSA) is 9.23 Å². The fourth-order valence-corrected chi connectivity index (χ4v) is 1.42. The van der Waals surface area contributed by atoms with E-state index in [4.69, 9.17) is 4.74 Å². The van der Waals surface area contributed by atoms with Crippen molar-refractivity contribution in [2.24, 2.45) is 0 Å². The monoisotopic (exact) mass is 176 g/mol. The van der Waals surface area contributed by atoms with E-state index in [0.717, 1.165) is 15.7 Å². The second-order valence-electron chi connectivity index (χ2n) is 2.38. The molecule has 2 radical (unpaired) electrons. The van der Waals surface area contributed by atoms with Gasteiger partial charge in [0.2, 0.25) is 0 Å². The number of rotatable bonds is 4. The molecule has 0 aliphatic rings. The average molecular weight is 176 g/mol. The molecule has 0 saturated carbocycles. The molecule has 12 heavy (non-hydrogen) atoms. The molecule has 0 heterocycles. The Labute approximate surface area is 75.9 Å². The Morgan fingerprint density at radius 3 is 2.75 bits per heavy atom. The van der Waals surface area contributed by atoms with Gasteiger partial charge in [0.25, 0.3) is 0 Å². The Hall–Kier alpha value is -0.863. The fourth-order valence-electron chi connectivity index (χ4n) is 0.851. The second-order valence-corrected chi connectivity index (χ2v) is 3.41. The van der Waals surface area contributed by atoms with Crippen LogP contribution in [0.3, 0.4) is 0 Å². The number of hydrogen-bond donors (Lipinski definition) is 0. The Balaban J connectivity index is 2.36. The zero-order chi connectivity index (χ0) is 8.65. The fraction of sp³-hybridized carbons (Fsp3) is 0.200. The van der Waals surface area contributed by atoms with Crippen molar-refractivity contribution in [3.8, 4) is 0 Å². The van der Waals surface area contributed by atoms with Crippen LogP contribution in [0.4, 0.5) is 0 Å². The molecule has 0 atom stereocenters. The number of benzene rings is 1. The first-order valence-corrected chi connectivity index (χ1v) is 5.16. The van der Waals surface area contributed by atoms with Crippen LogP contribution in [0.5, 0.6) is 0 Å². The molecule has 62 valence electrons. The minimum atomic E-state index is 0.755. The lowest BCUT2D eigenvalue weighted by atomic mass is 10.2. The van der Waals surface area contributed by atoms with Crippen LogP contribution in [0, 0.1) is 0 Å². The van der Waals surface area contributed by atoms with Crippen LogP contribution < -0.4 is 0 Å². The maximum Gasteiger partial charge on any atom is 0.104 e. The van der Waals surface area contributed by atoms with Crippen molar-refractivity contribution < 1.29 is 4.74 Å². The molecule has 0 spiro atoms. The van der Waals surface area contributed by atoms with E-state index in [-0.39, 0.29) is 0 Å². The molecule has 0 aliphatic heterocycles. The standard InChI is InChI=1S/C10H12OSi/c1-11-9-12-8-7-10-5-3-2-4-6-10/h2-8H,9H2,1H3. The van der Waals surface area contributed by atoms with E-state index in [1.165, 1.54) is 5.56 Å². The number of ether oxygens (including phenoxy) is 1. The average Bonchev–Trinajstić information content (AvgIpc) is 2.14. The minimum absolute atomic E-state index is 0.755. The van der Waals surface area contributed by atoms with Crippen molar-refractivity contribution in [3.05, 3.63) is 41.6 Å². The van der Waals surface area contributed by atoms with E-state index in [0.29, 0.717) is 0 Å². The largest absolute Gasteiger partial charge is 0.388 e. The van der Waals surface area contributed by atoms with Crippen molar-refractivity contribution in [1.29, 1.82) is 0 Å². The van der Waals surface area contributed by atoms with Crippen molar-refractivity contribution in [1.82, 2.24) is 0 Å². The van der Waals surface area contributed by atoms with E-state index in [9.17, 15) is 0 Å². The SMILES string of the molecule is COC[Si]C=Cc1ccccc1. The lowest BCUT2D eigenvalue weighted by molar-refractivity contribution is 0.252. The first-order chi connectivity index (χ1) is 5.93. The molecule has 0 bridgehead atoms. The van der Waals surface area contributed by atoms with Crippen LogP contribution >= 0.6 is 0 Å². The molecule has 1 rings (SSSR count). The van der Waals surface area contributed by atoms with E-state index in [2.05, 4.69) is 23.9 Å². The summed E-state index contributed by atoms with van der Waals surface area (Å²) in [4.78, 5) is 0. The number of hydrogen-bond acceptors (Lipinski definition) is 1. The molecular weight excluding hydrogens is 164 g/mol. The van der Waals surface area contributed by atoms with Gasteiger partial charge in [-0.1, -0.05) is 42.1 Å². The molecule has 2 heteroatoms. The first-order valence-electron chi connectivity index (χ1n) is 3.87. The normalized spacial score (nSPS) is 10.8. The summed E-state index contributed by atoms with van der Waals surface area (Å²) in [5, 5.41) is 0. The molecule has 1 nitrogen and oxygen atoms in total. The van der Waals surface area contributed by atoms with E-state index >= 15 is 0 Å². The highest BCUT2D eigenvalue weighted by Gasteiger charge is 1.83. The first kappa shape index (κ1) is 9.23. The predicted molar refractivity (Wildman–Crippen MR) is 53.1 cm³/mol. The summed E-state index contributed by atoms with van der Waals surface area (Å²) in [5.74, 6) is 0. The maximum atomic E-state index is 4.94.